The standard InChI is InChI=1S/C16H22N4O4S/c1-10-19-12-8-11(13(20(22)23)9-14(12)25-10)17-6-5-7-18-15(21)24-16(2,3)4/h8-9,17H,5-7H2,1-4H3,(H,18,21). The molecule has 0 radical (unpaired) electrons. The summed E-state index contributed by atoms with van der Waals surface area (Å²) in [6, 6.07) is 3.24. The van der Waals surface area contributed by atoms with Gasteiger partial charge in [-0.25, -0.2) is 9.78 Å². The minimum atomic E-state index is -0.538. The number of aryl methyl sites for hydroxylation is 1. The van der Waals surface area contributed by atoms with E-state index in [1.54, 1.807) is 32.9 Å². The molecule has 2 rings (SSSR count). The van der Waals surface area contributed by atoms with Gasteiger partial charge in [-0.2, -0.15) is 0 Å². The molecule has 0 atom stereocenters. The van der Waals surface area contributed by atoms with Crippen molar-refractivity contribution in [3.63, 3.8) is 0 Å². The molecule has 0 spiro atoms. The van der Waals surface area contributed by atoms with E-state index in [1.807, 2.05) is 6.92 Å². The number of amides is 1. The summed E-state index contributed by atoms with van der Waals surface area (Å²) in [6.07, 6.45) is 0.127. The molecule has 0 aliphatic carbocycles. The molecule has 9 heteroatoms. The number of nitrogens with zero attached hydrogens (tertiary/aromatic N) is 2. The molecule has 8 nitrogen and oxygen atoms in total. The second-order valence-corrected chi connectivity index (χ2v) is 7.77. The molecule has 25 heavy (non-hydrogen) atoms. The van der Waals surface area contributed by atoms with Crippen LogP contribution in [0, 0.1) is 17.0 Å². The maximum atomic E-state index is 11.5. The molecule has 0 unspecified atom stereocenters. The average Bonchev–Trinajstić information content (AvgIpc) is 2.83. The lowest BCUT2D eigenvalue weighted by molar-refractivity contribution is -0.383. The van der Waals surface area contributed by atoms with Crippen molar-refractivity contribution in [3.8, 4) is 0 Å². The Bertz CT molecular complexity index is 782. The minimum absolute atomic E-state index is 0.0243. The number of hydrogen-bond donors (Lipinski definition) is 2. The zero-order valence-electron chi connectivity index (χ0n) is 14.7. The highest BCUT2D eigenvalue weighted by Gasteiger charge is 2.17. The number of nitro benzene ring substituents is 1. The van der Waals surface area contributed by atoms with Crippen LogP contribution in [0.4, 0.5) is 16.2 Å². The van der Waals surface area contributed by atoms with Gasteiger partial charge in [0.05, 0.1) is 20.1 Å². The van der Waals surface area contributed by atoms with E-state index < -0.39 is 16.6 Å². The van der Waals surface area contributed by atoms with Crippen molar-refractivity contribution in [3.05, 3.63) is 27.3 Å². The van der Waals surface area contributed by atoms with Gasteiger partial charge in [0, 0.05) is 19.2 Å². The molecular formula is C16H22N4O4S. The summed E-state index contributed by atoms with van der Waals surface area (Å²) >= 11 is 1.43. The summed E-state index contributed by atoms with van der Waals surface area (Å²) in [5, 5.41) is 17.8. The molecule has 1 amide bonds. The van der Waals surface area contributed by atoms with Gasteiger partial charge in [-0.15, -0.1) is 11.3 Å². The highest BCUT2D eigenvalue weighted by Crippen LogP contribution is 2.32. The predicted molar refractivity (Wildman–Crippen MR) is 98.4 cm³/mol. The Labute approximate surface area is 149 Å². The molecular weight excluding hydrogens is 344 g/mol. The molecule has 1 aromatic carbocycles. The zero-order chi connectivity index (χ0) is 18.6. The van der Waals surface area contributed by atoms with Crippen LogP contribution in [-0.2, 0) is 4.74 Å². The van der Waals surface area contributed by atoms with Crippen molar-refractivity contribution < 1.29 is 14.5 Å². The van der Waals surface area contributed by atoms with E-state index in [2.05, 4.69) is 15.6 Å². The second kappa shape index (κ2) is 7.64. The quantitative estimate of drug-likeness (QED) is 0.457. The van der Waals surface area contributed by atoms with Gasteiger partial charge >= 0.3 is 6.09 Å². The lowest BCUT2D eigenvalue weighted by Crippen LogP contribution is -2.33. The molecule has 136 valence electrons. The van der Waals surface area contributed by atoms with Gasteiger partial charge in [0.25, 0.3) is 5.69 Å². The van der Waals surface area contributed by atoms with Crippen molar-refractivity contribution >= 4 is 39.0 Å². The summed E-state index contributed by atoms with van der Waals surface area (Å²) in [7, 11) is 0. The van der Waals surface area contributed by atoms with E-state index >= 15 is 0 Å². The van der Waals surface area contributed by atoms with Crippen LogP contribution in [0.3, 0.4) is 0 Å². The number of thiazole rings is 1. The summed E-state index contributed by atoms with van der Waals surface area (Å²) in [5.41, 5.74) is 0.656. The highest BCUT2D eigenvalue weighted by atomic mass is 32.1. The van der Waals surface area contributed by atoms with Crippen molar-refractivity contribution in [2.24, 2.45) is 0 Å². The Morgan fingerprint density at radius 3 is 2.72 bits per heavy atom. The number of nitrogens with one attached hydrogen (secondary N) is 2. The fraction of sp³-hybridized carbons (Fsp3) is 0.500. The van der Waals surface area contributed by atoms with Crippen LogP contribution >= 0.6 is 11.3 Å². The normalized spacial score (nSPS) is 11.4. The van der Waals surface area contributed by atoms with E-state index in [0.717, 1.165) is 15.2 Å². The van der Waals surface area contributed by atoms with Crippen molar-refractivity contribution in [2.45, 2.75) is 39.7 Å². The van der Waals surface area contributed by atoms with Crippen LogP contribution in [0.2, 0.25) is 0 Å². The summed E-state index contributed by atoms with van der Waals surface area (Å²) in [5.74, 6) is 0. The maximum Gasteiger partial charge on any atom is 0.407 e. The number of carbonyl (C=O) groups excluding carboxylic acids is 1. The Morgan fingerprint density at radius 2 is 2.08 bits per heavy atom. The molecule has 0 aliphatic heterocycles. The number of carbonyl (C=O) groups is 1. The van der Waals surface area contributed by atoms with Gasteiger partial charge < -0.3 is 15.4 Å². The van der Waals surface area contributed by atoms with E-state index in [1.165, 1.54) is 11.3 Å². The maximum absolute atomic E-state index is 11.5. The van der Waals surface area contributed by atoms with E-state index in [-0.39, 0.29) is 5.69 Å². The van der Waals surface area contributed by atoms with Crippen LogP contribution < -0.4 is 10.6 Å². The third-order valence-electron chi connectivity index (χ3n) is 3.15. The molecule has 1 aromatic heterocycles. The van der Waals surface area contributed by atoms with Gasteiger partial charge in [0.15, 0.2) is 0 Å². The van der Waals surface area contributed by atoms with E-state index in [9.17, 15) is 14.9 Å². The number of nitro groups is 1. The summed E-state index contributed by atoms with van der Waals surface area (Å²) in [6.45, 7) is 8.14. The third kappa shape index (κ3) is 5.56. The fourth-order valence-electron chi connectivity index (χ4n) is 2.19. The Kier molecular flexibility index (Phi) is 5.78. The van der Waals surface area contributed by atoms with Crippen molar-refractivity contribution in [1.29, 1.82) is 0 Å². The topological polar surface area (TPSA) is 106 Å². The molecule has 0 fully saturated rings. The summed E-state index contributed by atoms with van der Waals surface area (Å²) < 4.78 is 5.93. The first-order chi connectivity index (χ1) is 11.7. The lowest BCUT2D eigenvalue weighted by Gasteiger charge is -2.19. The van der Waals surface area contributed by atoms with Crippen LogP contribution in [0.5, 0.6) is 0 Å². The lowest BCUT2D eigenvalue weighted by atomic mass is 10.2. The largest absolute Gasteiger partial charge is 0.444 e. The first-order valence-electron chi connectivity index (χ1n) is 7.92. The number of rotatable bonds is 6. The Morgan fingerprint density at radius 1 is 1.36 bits per heavy atom. The molecule has 2 aromatic rings. The second-order valence-electron chi connectivity index (χ2n) is 6.54. The number of anilines is 1. The summed E-state index contributed by atoms with van der Waals surface area (Å²) in [4.78, 5) is 26.7. The minimum Gasteiger partial charge on any atom is -0.444 e. The molecule has 0 saturated heterocycles. The van der Waals surface area contributed by atoms with Gasteiger partial charge in [0.1, 0.15) is 11.3 Å². The molecule has 0 saturated carbocycles. The van der Waals surface area contributed by atoms with Gasteiger partial charge in [-0.1, -0.05) is 0 Å². The van der Waals surface area contributed by atoms with Crippen LogP contribution in [-0.4, -0.2) is 34.7 Å². The third-order valence-corrected chi connectivity index (χ3v) is 4.08. The van der Waals surface area contributed by atoms with Crippen molar-refractivity contribution in [1.82, 2.24) is 10.3 Å². The first-order valence-corrected chi connectivity index (χ1v) is 8.73. The molecule has 2 N–H and O–H groups in total. The molecule has 0 aliphatic rings. The SMILES string of the molecule is Cc1nc2cc(NCCCNC(=O)OC(C)(C)C)c([N+](=O)[O-])cc2s1. The highest BCUT2D eigenvalue weighted by molar-refractivity contribution is 7.18. The van der Waals surface area contributed by atoms with Gasteiger partial charge in [0.2, 0.25) is 0 Å². The molecule has 0 bridgehead atoms. The van der Waals surface area contributed by atoms with E-state index in [0.29, 0.717) is 25.2 Å². The van der Waals surface area contributed by atoms with Crippen LogP contribution in [0.15, 0.2) is 12.1 Å². The zero-order valence-corrected chi connectivity index (χ0v) is 15.5. The number of ether oxygens (including phenoxy) is 1. The molecule has 1 heterocycles. The monoisotopic (exact) mass is 366 g/mol. The number of fused-ring (bicyclic) bond motifs is 1. The Hall–Kier alpha value is -2.42. The fourth-order valence-corrected chi connectivity index (χ4v) is 3.03. The number of alkyl carbamates (subject to hydrolysis) is 1. The number of aromatic nitrogens is 1. The van der Waals surface area contributed by atoms with E-state index in [4.69, 9.17) is 4.74 Å². The van der Waals surface area contributed by atoms with Crippen LogP contribution in [0.1, 0.15) is 32.2 Å². The first kappa shape index (κ1) is 18.9. The smallest absolute Gasteiger partial charge is 0.407 e. The van der Waals surface area contributed by atoms with Crippen molar-refractivity contribution in [2.75, 3.05) is 18.4 Å². The van der Waals surface area contributed by atoms with Crippen LogP contribution in [0.25, 0.3) is 10.2 Å². The number of benzene rings is 1. The van der Waals surface area contributed by atoms with Gasteiger partial charge in [-0.05, 0) is 40.2 Å². The predicted octanol–water partition coefficient (Wildman–Crippen LogP) is 3.84. The van der Waals surface area contributed by atoms with Gasteiger partial charge in [-0.3, -0.25) is 10.1 Å². The average molecular weight is 366 g/mol. The Balaban J connectivity index is 1.91. The number of hydrogen-bond acceptors (Lipinski definition) is 7.